The molecule has 0 saturated carbocycles. The molecule has 0 atom stereocenters. The second kappa shape index (κ2) is 2.99. The Balaban J connectivity index is 2.61. The van der Waals surface area contributed by atoms with E-state index in [0.29, 0.717) is 4.76 Å². The average Bonchev–Trinajstić information content (AvgIpc) is 2.40. The van der Waals surface area contributed by atoms with Crippen molar-refractivity contribution in [3.63, 3.8) is 0 Å². The summed E-state index contributed by atoms with van der Waals surface area (Å²) in [5, 5.41) is 21.1. The summed E-state index contributed by atoms with van der Waals surface area (Å²) in [6.45, 7) is 3.04. The summed E-state index contributed by atoms with van der Waals surface area (Å²) in [6, 6.07) is 3.74. The standard InChI is InChI=1S/C9H10N3O4/c1-9(2)10(13)7-4-3-6(12(15)16)5-8(7)11(9)14/h3-5,14H,1-2H3/q+1. The zero-order valence-corrected chi connectivity index (χ0v) is 8.75. The Bertz CT molecular complexity index is 498. The van der Waals surface area contributed by atoms with Crippen molar-refractivity contribution in [3.8, 4) is 0 Å². The molecule has 1 aromatic rings. The van der Waals surface area contributed by atoms with Gasteiger partial charge in [-0.2, -0.15) is 5.06 Å². The molecule has 7 heteroatoms. The van der Waals surface area contributed by atoms with Crippen molar-refractivity contribution < 1.29 is 14.9 Å². The average molecular weight is 224 g/mol. The third kappa shape index (κ3) is 1.18. The summed E-state index contributed by atoms with van der Waals surface area (Å²) in [5.74, 6) is 0. The minimum absolute atomic E-state index is 0.147. The fourth-order valence-corrected chi connectivity index (χ4v) is 1.64. The molecule has 1 aliphatic rings. The summed E-state index contributed by atoms with van der Waals surface area (Å²) in [5.41, 5.74) is -0.950. The number of nitroso groups, excluding NO2 is 1. The van der Waals surface area contributed by atoms with Gasteiger partial charge in [-0.3, -0.25) is 15.3 Å². The van der Waals surface area contributed by atoms with E-state index in [1.807, 2.05) is 0 Å². The van der Waals surface area contributed by atoms with Crippen LogP contribution >= 0.6 is 0 Å². The van der Waals surface area contributed by atoms with Gasteiger partial charge in [0.05, 0.1) is 9.68 Å². The van der Waals surface area contributed by atoms with E-state index in [0.717, 1.165) is 5.06 Å². The van der Waals surface area contributed by atoms with Crippen LogP contribution in [0.25, 0.3) is 0 Å². The van der Waals surface area contributed by atoms with Crippen molar-refractivity contribution in [3.05, 3.63) is 33.2 Å². The van der Waals surface area contributed by atoms with Gasteiger partial charge in [0.2, 0.25) is 0 Å². The molecule has 7 nitrogen and oxygen atoms in total. The topological polar surface area (TPSA) is 86.7 Å². The molecule has 84 valence electrons. The molecule has 0 unspecified atom stereocenters. The van der Waals surface area contributed by atoms with Crippen molar-refractivity contribution in [1.29, 1.82) is 0 Å². The number of nitro benzene ring substituents is 1. The van der Waals surface area contributed by atoms with Gasteiger partial charge in [-0.25, -0.2) is 0 Å². The van der Waals surface area contributed by atoms with E-state index in [1.54, 1.807) is 0 Å². The van der Waals surface area contributed by atoms with E-state index in [1.165, 1.54) is 32.0 Å². The smallest absolute Gasteiger partial charge is 0.282 e. The van der Waals surface area contributed by atoms with E-state index in [-0.39, 0.29) is 17.1 Å². The highest BCUT2D eigenvalue weighted by molar-refractivity contribution is 5.69. The van der Waals surface area contributed by atoms with Gasteiger partial charge in [-0.1, -0.05) is 0 Å². The lowest BCUT2D eigenvalue weighted by atomic mass is 10.2. The third-order valence-electron chi connectivity index (χ3n) is 2.63. The number of non-ortho nitro benzene ring substituents is 1. The van der Waals surface area contributed by atoms with E-state index in [4.69, 9.17) is 0 Å². The Morgan fingerprint density at radius 3 is 2.69 bits per heavy atom. The number of hydrogen-bond acceptors (Lipinski definition) is 5. The van der Waals surface area contributed by atoms with Crippen molar-refractivity contribution >= 4 is 17.1 Å². The maximum atomic E-state index is 11.8. The van der Waals surface area contributed by atoms with E-state index < -0.39 is 10.6 Å². The molecule has 2 rings (SSSR count). The van der Waals surface area contributed by atoms with E-state index >= 15 is 0 Å². The first-order valence-electron chi connectivity index (χ1n) is 4.60. The number of rotatable bonds is 1. The zero-order valence-electron chi connectivity index (χ0n) is 8.75. The molecule has 1 aromatic carbocycles. The van der Waals surface area contributed by atoms with Crippen LogP contribution in [0, 0.1) is 15.0 Å². The van der Waals surface area contributed by atoms with Gasteiger partial charge >= 0.3 is 5.66 Å². The Hall–Kier alpha value is -2.02. The fourth-order valence-electron chi connectivity index (χ4n) is 1.64. The minimum Gasteiger partial charge on any atom is -0.282 e. The van der Waals surface area contributed by atoms with Crippen LogP contribution in [0.5, 0.6) is 0 Å². The van der Waals surface area contributed by atoms with Gasteiger partial charge in [0.1, 0.15) is 0 Å². The van der Waals surface area contributed by atoms with Crippen LogP contribution in [0.2, 0.25) is 0 Å². The highest BCUT2D eigenvalue weighted by Gasteiger charge is 2.53. The number of nitrogens with zero attached hydrogens (tertiary/aromatic N) is 3. The van der Waals surface area contributed by atoms with Gasteiger partial charge in [0.15, 0.2) is 5.69 Å². The molecule has 0 aromatic heterocycles. The molecule has 0 bridgehead atoms. The van der Waals surface area contributed by atoms with Gasteiger partial charge in [0, 0.05) is 37.0 Å². The first kappa shape index (κ1) is 10.5. The summed E-state index contributed by atoms with van der Waals surface area (Å²) in [6.07, 6.45) is 0. The monoisotopic (exact) mass is 224 g/mol. The van der Waals surface area contributed by atoms with Crippen LogP contribution in [-0.2, 0) is 0 Å². The molecule has 0 fully saturated rings. The fraction of sp³-hybridized carbons (Fsp3) is 0.333. The van der Waals surface area contributed by atoms with E-state index in [9.17, 15) is 20.2 Å². The summed E-state index contributed by atoms with van der Waals surface area (Å²) >= 11 is 0. The molecule has 1 aliphatic heterocycles. The number of hydrogen-bond donors (Lipinski definition) is 1. The summed E-state index contributed by atoms with van der Waals surface area (Å²) < 4.78 is 0.617. The number of fused-ring (bicyclic) bond motifs is 1. The Kier molecular flexibility index (Phi) is 1.96. The Morgan fingerprint density at radius 2 is 2.12 bits per heavy atom. The summed E-state index contributed by atoms with van der Waals surface area (Å²) in [4.78, 5) is 21.7. The van der Waals surface area contributed by atoms with Crippen molar-refractivity contribution in [1.82, 2.24) is 0 Å². The molecule has 0 aliphatic carbocycles. The predicted octanol–water partition coefficient (Wildman–Crippen LogP) is 1.95. The number of anilines is 1. The molecule has 16 heavy (non-hydrogen) atoms. The number of hydroxylamine groups is 1. The van der Waals surface area contributed by atoms with Gasteiger partial charge < -0.3 is 0 Å². The maximum Gasteiger partial charge on any atom is 0.308 e. The van der Waals surface area contributed by atoms with Gasteiger partial charge in [-0.05, 0) is 0 Å². The minimum atomic E-state index is -1.16. The molecule has 0 saturated heterocycles. The molecule has 0 amide bonds. The van der Waals surface area contributed by atoms with Crippen LogP contribution in [-0.4, -0.2) is 20.6 Å². The first-order chi connectivity index (χ1) is 7.35. The van der Waals surface area contributed by atoms with Crippen molar-refractivity contribution in [2.24, 2.45) is 0 Å². The SMILES string of the molecule is CC1(C)N(O)c2cc([N+](=O)[O-])ccc2[N+]1=O. The second-order valence-corrected chi connectivity index (χ2v) is 4.03. The van der Waals surface area contributed by atoms with Crippen LogP contribution in [0.3, 0.4) is 0 Å². The third-order valence-corrected chi connectivity index (χ3v) is 2.63. The lowest BCUT2D eigenvalue weighted by Gasteiger charge is -2.17. The molecular weight excluding hydrogens is 214 g/mol. The van der Waals surface area contributed by atoms with Crippen LogP contribution in [0.1, 0.15) is 13.8 Å². The zero-order chi connectivity index (χ0) is 12.1. The number of nitro groups is 1. The Labute approximate surface area is 90.6 Å². The Morgan fingerprint density at radius 1 is 1.50 bits per heavy atom. The lowest BCUT2D eigenvalue weighted by molar-refractivity contribution is -0.540. The van der Waals surface area contributed by atoms with Crippen molar-refractivity contribution in [2.45, 2.75) is 19.5 Å². The molecule has 1 N–H and O–H groups in total. The highest BCUT2D eigenvalue weighted by Crippen LogP contribution is 2.43. The normalized spacial score (nSPS) is 17.4. The first-order valence-corrected chi connectivity index (χ1v) is 4.60. The molecule has 0 radical (unpaired) electrons. The van der Waals surface area contributed by atoms with Crippen molar-refractivity contribution in [2.75, 3.05) is 5.06 Å². The second-order valence-electron chi connectivity index (χ2n) is 4.03. The van der Waals surface area contributed by atoms with Gasteiger partial charge in [-0.15, -0.1) is 0 Å². The highest BCUT2D eigenvalue weighted by atomic mass is 16.6. The van der Waals surface area contributed by atoms with E-state index in [2.05, 4.69) is 0 Å². The molecule has 1 heterocycles. The lowest BCUT2D eigenvalue weighted by Crippen LogP contribution is -2.43. The predicted molar refractivity (Wildman–Crippen MR) is 54.7 cm³/mol. The quantitative estimate of drug-likeness (QED) is 0.447. The van der Waals surface area contributed by atoms with Crippen LogP contribution < -0.4 is 5.06 Å². The number of benzene rings is 1. The largest absolute Gasteiger partial charge is 0.308 e. The summed E-state index contributed by atoms with van der Waals surface area (Å²) in [7, 11) is 0. The molecule has 0 spiro atoms. The van der Waals surface area contributed by atoms with Crippen LogP contribution in [0.15, 0.2) is 18.2 Å². The maximum absolute atomic E-state index is 11.8. The molecular formula is C9H10N3O4+. The van der Waals surface area contributed by atoms with Gasteiger partial charge in [0.25, 0.3) is 11.4 Å². The van der Waals surface area contributed by atoms with Crippen LogP contribution in [0.4, 0.5) is 17.1 Å².